The number of nitrogens with one attached hydrogen (secondary N) is 1. The van der Waals surface area contributed by atoms with Crippen molar-refractivity contribution in [1.29, 1.82) is 5.26 Å². The van der Waals surface area contributed by atoms with Crippen LogP contribution in [0.5, 0.6) is 17.2 Å². The number of anilines is 1. The number of amides is 1. The third-order valence-corrected chi connectivity index (χ3v) is 5.67. The first-order valence-corrected chi connectivity index (χ1v) is 11.3. The van der Waals surface area contributed by atoms with Crippen molar-refractivity contribution in [3.8, 4) is 23.3 Å². The number of carbonyl (C=O) groups is 1. The van der Waals surface area contributed by atoms with Crippen LogP contribution < -0.4 is 19.5 Å². The molecule has 0 saturated heterocycles. The number of ether oxygens (including phenoxy) is 3. The molecule has 0 bridgehead atoms. The maximum absolute atomic E-state index is 13.1. The molecule has 0 atom stereocenters. The van der Waals surface area contributed by atoms with Gasteiger partial charge in [-0.15, -0.1) is 0 Å². The van der Waals surface area contributed by atoms with Gasteiger partial charge in [0.1, 0.15) is 29.8 Å². The molecule has 0 radical (unpaired) electrons. The van der Waals surface area contributed by atoms with Gasteiger partial charge in [-0.25, -0.2) is 4.39 Å². The molecular weight excluding hydrogens is 584 g/mol. The summed E-state index contributed by atoms with van der Waals surface area (Å²) in [5.74, 6) is -0.154. The second-order valence-corrected chi connectivity index (χ2v) is 8.38. The van der Waals surface area contributed by atoms with E-state index in [2.05, 4.69) is 5.32 Å². The van der Waals surface area contributed by atoms with Crippen LogP contribution in [0.25, 0.3) is 6.08 Å². The fraction of sp³-hybridized carbons (Fsp3) is 0.120. The molecule has 0 saturated carbocycles. The lowest BCUT2D eigenvalue weighted by Crippen LogP contribution is -2.14. The molecule has 184 valence electrons. The van der Waals surface area contributed by atoms with Gasteiger partial charge in [-0.3, -0.25) is 14.9 Å². The van der Waals surface area contributed by atoms with Crippen molar-refractivity contribution >= 4 is 45.9 Å². The first-order valence-electron chi connectivity index (χ1n) is 10.3. The second-order valence-electron chi connectivity index (χ2n) is 7.21. The molecule has 1 N–H and O–H groups in total. The van der Waals surface area contributed by atoms with E-state index in [-0.39, 0.29) is 35.1 Å². The molecule has 3 aromatic carbocycles. The number of benzene rings is 3. The number of halogens is 2. The first kappa shape index (κ1) is 26.4. The minimum Gasteiger partial charge on any atom is -0.494 e. The van der Waals surface area contributed by atoms with Crippen molar-refractivity contribution in [2.75, 3.05) is 19.5 Å². The van der Waals surface area contributed by atoms with Crippen LogP contribution in [-0.2, 0) is 11.4 Å². The molecule has 3 rings (SSSR count). The smallest absolute Gasteiger partial charge is 0.273 e. The number of methoxy groups -OCH3 is 2. The Labute approximate surface area is 219 Å². The third-order valence-electron chi connectivity index (χ3n) is 4.87. The van der Waals surface area contributed by atoms with E-state index >= 15 is 0 Å². The lowest BCUT2D eigenvalue weighted by Gasteiger charge is -2.14. The standard InChI is InChI=1S/C25H19FIN3O6/c1-34-22-12-19(30(32)33)7-8-21(22)29-25(31)17(13-28)9-16-10-20(27)24(23(11-16)35-2)36-14-15-3-5-18(26)6-4-15/h3-12H,14H2,1-2H3,(H,29,31)/b17-9+. The number of nitrogens with zero attached hydrogens (tertiary/aromatic N) is 2. The average molecular weight is 603 g/mol. The van der Waals surface area contributed by atoms with Crippen LogP contribution in [-0.4, -0.2) is 25.1 Å². The Kier molecular flexibility index (Phi) is 8.80. The van der Waals surface area contributed by atoms with E-state index < -0.39 is 10.8 Å². The normalized spacial score (nSPS) is 10.8. The van der Waals surface area contributed by atoms with Crippen molar-refractivity contribution in [3.63, 3.8) is 0 Å². The van der Waals surface area contributed by atoms with Gasteiger partial charge in [0.2, 0.25) is 0 Å². The first-order chi connectivity index (χ1) is 17.2. The van der Waals surface area contributed by atoms with Gasteiger partial charge in [-0.2, -0.15) is 5.26 Å². The SMILES string of the molecule is COc1cc([N+](=O)[O-])ccc1NC(=O)/C(C#N)=C/c1cc(I)c(OCc2ccc(F)cc2)c(OC)c1. The lowest BCUT2D eigenvalue weighted by molar-refractivity contribution is -0.384. The van der Waals surface area contributed by atoms with Gasteiger partial charge >= 0.3 is 0 Å². The molecule has 0 spiro atoms. The molecular formula is C25H19FIN3O6. The fourth-order valence-electron chi connectivity index (χ4n) is 3.10. The Hall–Kier alpha value is -4.18. The summed E-state index contributed by atoms with van der Waals surface area (Å²) in [5.41, 5.74) is 1.03. The highest BCUT2D eigenvalue weighted by Gasteiger charge is 2.17. The summed E-state index contributed by atoms with van der Waals surface area (Å²) >= 11 is 2.05. The van der Waals surface area contributed by atoms with E-state index in [9.17, 15) is 24.6 Å². The van der Waals surface area contributed by atoms with Crippen LogP contribution >= 0.6 is 22.6 Å². The van der Waals surface area contributed by atoms with Gasteiger partial charge in [0, 0.05) is 6.07 Å². The van der Waals surface area contributed by atoms with Gasteiger partial charge in [-0.1, -0.05) is 12.1 Å². The molecule has 0 aliphatic carbocycles. The Morgan fingerprint density at radius 3 is 2.44 bits per heavy atom. The minimum absolute atomic E-state index is 0.0775. The Morgan fingerprint density at radius 1 is 1.14 bits per heavy atom. The Balaban J connectivity index is 1.83. The highest BCUT2D eigenvalue weighted by molar-refractivity contribution is 14.1. The monoisotopic (exact) mass is 603 g/mol. The summed E-state index contributed by atoms with van der Waals surface area (Å²) in [4.78, 5) is 23.1. The predicted octanol–water partition coefficient (Wildman–Crippen LogP) is 5.48. The average Bonchev–Trinajstić information content (AvgIpc) is 2.87. The van der Waals surface area contributed by atoms with Crippen molar-refractivity contribution < 1.29 is 28.3 Å². The van der Waals surface area contributed by atoms with Crippen LogP contribution in [0.4, 0.5) is 15.8 Å². The van der Waals surface area contributed by atoms with Gasteiger partial charge in [0.25, 0.3) is 11.6 Å². The lowest BCUT2D eigenvalue weighted by atomic mass is 10.1. The number of nitro benzene ring substituents is 1. The van der Waals surface area contributed by atoms with Crippen LogP contribution in [0.1, 0.15) is 11.1 Å². The minimum atomic E-state index is -0.727. The summed E-state index contributed by atoms with van der Waals surface area (Å²) in [6.45, 7) is 0.185. The summed E-state index contributed by atoms with van der Waals surface area (Å²) in [6, 6.07) is 14.8. The Morgan fingerprint density at radius 2 is 1.83 bits per heavy atom. The maximum Gasteiger partial charge on any atom is 0.273 e. The largest absolute Gasteiger partial charge is 0.494 e. The van der Waals surface area contributed by atoms with E-state index in [4.69, 9.17) is 14.2 Å². The quantitative estimate of drug-likeness (QED) is 0.113. The number of carbonyl (C=O) groups excluding carboxylic acids is 1. The van der Waals surface area contributed by atoms with Crippen molar-refractivity contribution in [2.24, 2.45) is 0 Å². The van der Waals surface area contributed by atoms with Crippen LogP contribution in [0.3, 0.4) is 0 Å². The highest BCUT2D eigenvalue weighted by Crippen LogP contribution is 2.35. The summed E-state index contributed by atoms with van der Waals surface area (Å²) in [6.07, 6.45) is 1.38. The van der Waals surface area contributed by atoms with Gasteiger partial charge in [0.05, 0.1) is 34.5 Å². The molecule has 0 fully saturated rings. The van der Waals surface area contributed by atoms with Crippen molar-refractivity contribution in [3.05, 3.63) is 90.8 Å². The van der Waals surface area contributed by atoms with Crippen LogP contribution in [0.15, 0.2) is 60.2 Å². The zero-order chi connectivity index (χ0) is 26.2. The molecule has 9 nitrogen and oxygen atoms in total. The van der Waals surface area contributed by atoms with E-state index in [1.54, 1.807) is 24.3 Å². The van der Waals surface area contributed by atoms with Crippen molar-refractivity contribution in [1.82, 2.24) is 0 Å². The Bertz CT molecular complexity index is 1370. The molecule has 0 unspecified atom stereocenters. The number of non-ortho nitro benzene ring substituents is 1. The fourth-order valence-corrected chi connectivity index (χ4v) is 3.88. The number of nitro groups is 1. The maximum atomic E-state index is 13.1. The molecule has 36 heavy (non-hydrogen) atoms. The summed E-state index contributed by atoms with van der Waals surface area (Å²) in [7, 11) is 2.77. The van der Waals surface area contributed by atoms with Gasteiger partial charge < -0.3 is 19.5 Å². The molecule has 3 aromatic rings. The van der Waals surface area contributed by atoms with Gasteiger partial charge in [-0.05, 0) is 70.1 Å². The predicted molar refractivity (Wildman–Crippen MR) is 138 cm³/mol. The number of nitriles is 1. The number of hydrogen-bond donors (Lipinski definition) is 1. The number of hydrogen-bond acceptors (Lipinski definition) is 7. The third kappa shape index (κ3) is 6.48. The molecule has 0 heterocycles. The van der Waals surface area contributed by atoms with E-state index in [0.29, 0.717) is 20.6 Å². The second kappa shape index (κ2) is 12.0. The number of rotatable bonds is 9. The van der Waals surface area contributed by atoms with Crippen molar-refractivity contribution in [2.45, 2.75) is 6.61 Å². The zero-order valence-corrected chi connectivity index (χ0v) is 21.2. The summed E-state index contributed by atoms with van der Waals surface area (Å²) < 4.78 is 30.2. The molecule has 0 aliphatic rings. The van der Waals surface area contributed by atoms with E-state index in [0.717, 1.165) is 5.56 Å². The molecule has 11 heteroatoms. The topological polar surface area (TPSA) is 124 Å². The zero-order valence-electron chi connectivity index (χ0n) is 19.1. The molecule has 0 aliphatic heterocycles. The summed E-state index contributed by atoms with van der Waals surface area (Å²) in [5, 5.41) is 23.1. The highest BCUT2D eigenvalue weighted by atomic mass is 127. The molecule has 1 amide bonds. The van der Waals surface area contributed by atoms with Gasteiger partial charge in [0.15, 0.2) is 11.5 Å². The van der Waals surface area contributed by atoms with E-state index in [1.165, 1.54) is 50.6 Å². The van der Waals surface area contributed by atoms with Crippen LogP contribution in [0, 0.1) is 30.8 Å². The van der Waals surface area contributed by atoms with E-state index in [1.807, 2.05) is 28.7 Å². The van der Waals surface area contributed by atoms with Crippen LogP contribution in [0.2, 0.25) is 0 Å². The molecule has 0 aromatic heterocycles.